The molecule has 0 aliphatic carbocycles. The highest BCUT2D eigenvalue weighted by Gasteiger charge is 2.23. The van der Waals surface area contributed by atoms with E-state index in [1.165, 1.54) is 0 Å². The van der Waals surface area contributed by atoms with Crippen LogP contribution in [0.15, 0.2) is 30.3 Å². The van der Waals surface area contributed by atoms with E-state index in [9.17, 15) is 9.59 Å². The molecular formula is C15H20O4. The van der Waals surface area contributed by atoms with Gasteiger partial charge in [-0.05, 0) is 26.3 Å². The van der Waals surface area contributed by atoms with E-state index in [1.807, 2.05) is 44.2 Å². The molecule has 104 valence electrons. The first-order valence-corrected chi connectivity index (χ1v) is 6.45. The van der Waals surface area contributed by atoms with Crippen LogP contribution in [0.4, 0.5) is 0 Å². The van der Waals surface area contributed by atoms with Gasteiger partial charge in [0.2, 0.25) is 5.78 Å². The van der Waals surface area contributed by atoms with Gasteiger partial charge in [-0.1, -0.05) is 30.3 Å². The van der Waals surface area contributed by atoms with Crippen LogP contribution in [0.1, 0.15) is 38.9 Å². The second kappa shape index (κ2) is 7.69. The minimum absolute atomic E-state index is 0.00102. The molecule has 0 aliphatic rings. The lowest BCUT2D eigenvalue weighted by atomic mass is 10.0. The third-order valence-electron chi connectivity index (χ3n) is 2.48. The summed E-state index contributed by atoms with van der Waals surface area (Å²) >= 11 is 0. The second-order valence-electron chi connectivity index (χ2n) is 4.43. The van der Waals surface area contributed by atoms with E-state index >= 15 is 0 Å². The zero-order chi connectivity index (χ0) is 14.3. The zero-order valence-corrected chi connectivity index (χ0v) is 11.6. The molecular weight excluding hydrogens is 244 g/mol. The van der Waals surface area contributed by atoms with Crippen LogP contribution in [0, 0.1) is 0 Å². The molecule has 1 aromatic carbocycles. The number of hydrogen-bond donors (Lipinski definition) is 0. The molecule has 1 unspecified atom stereocenters. The van der Waals surface area contributed by atoms with Crippen molar-refractivity contribution in [3.8, 4) is 0 Å². The van der Waals surface area contributed by atoms with Crippen LogP contribution in [0.2, 0.25) is 0 Å². The van der Waals surface area contributed by atoms with E-state index in [-0.39, 0.29) is 19.1 Å². The SMILES string of the molecule is CCOC(=O)C(=O)CC(OC(C)C)c1ccccc1. The van der Waals surface area contributed by atoms with Gasteiger partial charge in [-0.3, -0.25) is 4.79 Å². The molecule has 0 amide bonds. The summed E-state index contributed by atoms with van der Waals surface area (Å²) in [6.07, 6.45) is -0.445. The van der Waals surface area contributed by atoms with Gasteiger partial charge in [0.25, 0.3) is 0 Å². The van der Waals surface area contributed by atoms with Crippen LogP contribution in [0.25, 0.3) is 0 Å². The third kappa shape index (κ3) is 5.22. The van der Waals surface area contributed by atoms with Crippen LogP contribution in [0.5, 0.6) is 0 Å². The monoisotopic (exact) mass is 264 g/mol. The quantitative estimate of drug-likeness (QED) is 0.561. The fourth-order valence-electron chi connectivity index (χ4n) is 1.70. The van der Waals surface area contributed by atoms with Gasteiger partial charge in [-0.15, -0.1) is 0 Å². The lowest BCUT2D eigenvalue weighted by molar-refractivity contribution is -0.155. The minimum atomic E-state index is -0.796. The van der Waals surface area contributed by atoms with Gasteiger partial charge in [0, 0.05) is 6.42 Å². The Labute approximate surface area is 113 Å². The number of carbonyl (C=O) groups is 2. The largest absolute Gasteiger partial charge is 0.460 e. The Morgan fingerprint density at radius 3 is 2.32 bits per heavy atom. The fourth-order valence-corrected chi connectivity index (χ4v) is 1.70. The van der Waals surface area contributed by atoms with E-state index in [1.54, 1.807) is 6.92 Å². The van der Waals surface area contributed by atoms with Gasteiger partial charge in [-0.2, -0.15) is 0 Å². The van der Waals surface area contributed by atoms with E-state index in [0.717, 1.165) is 5.56 Å². The van der Waals surface area contributed by atoms with Crippen molar-refractivity contribution in [2.75, 3.05) is 6.61 Å². The molecule has 0 N–H and O–H groups in total. The molecule has 4 nitrogen and oxygen atoms in total. The Kier molecular flexibility index (Phi) is 6.22. The first-order chi connectivity index (χ1) is 9.04. The van der Waals surface area contributed by atoms with Crippen LogP contribution in [-0.2, 0) is 19.1 Å². The Morgan fingerprint density at radius 1 is 1.16 bits per heavy atom. The fraction of sp³-hybridized carbons (Fsp3) is 0.467. The summed E-state index contributed by atoms with van der Waals surface area (Å²) in [5, 5.41) is 0. The van der Waals surface area contributed by atoms with Crippen LogP contribution in [-0.4, -0.2) is 24.5 Å². The number of carbonyl (C=O) groups excluding carboxylic acids is 2. The van der Waals surface area contributed by atoms with Crippen molar-refractivity contribution >= 4 is 11.8 Å². The topological polar surface area (TPSA) is 52.6 Å². The predicted molar refractivity (Wildman–Crippen MR) is 71.7 cm³/mol. The maximum atomic E-state index is 11.7. The standard InChI is InChI=1S/C15H20O4/c1-4-18-15(17)13(16)10-14(19-11(2)3)12-8-6-5-7-9-12/h5-9,11,14H,4,10H2,1-3H3. The lowest BCUT2D eigenvalue weighted by Crippen LogP contribution is -2.22. The number of Topliss-reactive ketones (excluding diaryl/α,β-unsaturated/α-hetero) is 1. The number of esters is 1. The van der Waals surface area contributed by atoms with Gasteiger partial charge >= 0.3 is 5.97 Å². The first kappa shape index (κ1) is 15.4. The van der Waals surface area contributed by atoms with Crippen molar-refractivity contribution in [3.05, 3.63) is 35.9 Å². The van der Waals surface area contributed by atoms with Gasteiger partial charge in [0.05, 0.1) is 18.8 Å². The number of ketones is 1. The molecule has 0 fully saturated rings. The van der Waals surface area contributed by atoms with Crippen molar-refractivity contribution in [2.45, 2.75) is 39.4 Å². The molecule has 1 rings (SSSR count). The van der Waals surface area contributed by atoms with E-state index in [0.29, 0.717) is 0 Å². The normalized spacial score (nSPS) is 12.2. The van der Waals surface area contributed by atoms with Crippen molar-refractivity contribution in [1.29, 1.82) is 0 Å². The third-order valence-corrected chi connectivity index (χ3v) is 2.48. The molecule has 0 aliphatic heterocycles. The molecule has 0 aromatic heterocycles. The molecule has 1 atom stereocenters. The van der Waals surface area contributed by atoms with Crippen LogP contribution < -0.4 is 0 Å². The summed E-state index contributed by atoms with van der Waals surface area (Å²) in [5.74, 6) is -1.35. The Morgan fingerprint density at radius 2 is 1.79 bits per heavy atom. The molecule has 0 saturated carbocycles. The average molecular weight is 264 g/mol. The highest BCUT2D eigenvalue weighted by atomic mass is 16.5. The Bertz CT molecular complexity index is 411. The predicted octanol–water partition coefficient (Wildman–Crippen LogP) is 2.68. The summed E-state index contributed by atoms with van der Waals surface area (Å²) in [6, 6.07) is 9.40. The lowest BCUT2D eigenvalue weighted by Gasteiger charge is -2.20. The van der Waals surface area contributed by atoms with Gasteiger partial charge in [0.1, 0.15) is 0 Å². The molecule has 0 spiro atoms. The summed E-state index contributed by atoms with van der Waals surface area (Å²) in [7, 11) is 0. The molecule has 0 heterocycles. The van der Waals surface area contributed by atoms with E-state index < -0.39 is 17.9 Å². The summed E-state index contributed by atoms with van der Waals surface area (Å²) in [6.45, 7) is 5.66. The Balaban J connectivity index is 2.76. The highest BCUT2D eigenvalue weighted by Crippen LogP contribution is 2.23. The maximum Gasteiger partial charge on any atom is 0.374 e. The van der Waals surface area contributed by atoms with Crippen LogP contribution in [0.3, 0.4) is 0 Å². The summed E-state index contributed by atoms with van der Waals surface area (Å²) in [4.78, 5) is 23.1. The van der Waals surface area contributed by atoms with Crippen molar-refractivity contribution in [3.63, 3.8) is 0 Å². The minimum Gasteiger partial charge on any atom is -0.460 e. The van der Waals surface area contributed by atoms with E-state index in [2.05, 4.69) is 0 Å². The van der Waals surface area contributed by atoms with Crippen molar-refractivity contribution in [2.24, 2.45) is 0 Å². The number of rotatable bonds is 7. The average Bonchev–Trinajstić information content (AvgIpc) is 2.38. The smallest absolute Gasteiger partial charge is 0.374 e. The van der Waals surface area contributed by atoms with Gasteiger partial charge < -0.3 is 9.47 Å². The number of hydrogen-bond acceptors (Lipinski definition) is 4. The molecule has 1 aromatic rings. The Hall–Kier alpha value is -1.68. The zero-order valence-electron chi connectivity index (χ0n) is 11.6. The van der Waals surface area contributed by atoms with Gasteiger partial charge in [0.15, 0.2) is 0 Å². The summed E-state index contributed by atoms with van der Waals surface area (Å²) < 4.78 is 10.4. The number of ether oxygens (including phenoxy) is 2. The maximum absolute atomic E-state index is 11.7. The van der Waals surface area contributed by atoms with Gasteiger partial charge in [-0.25, -0.2) is 4.79 Å². The highest BCUT2D eigenvalue weighted by molar-refractivity contribution is 6.33. The molecule has 0 saturated heterocycles. The second-order valence-corrected chi connectivity index (χ2v) is 4.43. The molecule has 4 heteroatoms. The molecule has 19 heavy (non-hydrogen) atoms. The first-order valence-electron chi connectivity index (χ1n) is 6.45. The van der Waals surface area contributed by atoms with E-state index in [4.69, 9.17) is 9.47 Å². The molecule has 0 radical (unpaired) electrons. The van der Waals surface area contributed by atoms with Crippen molar-refractivity contribution in [1.82, 2.24) is 0 Å². The summed E-state index contributed by atoms with van der Waals surface area (Å²) in [5.41, 5.74) is 0.883. The van der Waals surface area contributed by atoms with Crippen molar-refractivity contribution < 1.29 is 19.1 Å². The number of benzene rings is 1. The molecule has 0 bridgehead atoms. The van der Waals surface area contributed by atoms with Crippen LogP contribution >= 0.6 is 0 Å².